The molecule has 1 atom stereocenters. The van der Waals surface area contributed by atoms with Crippen molar-refractivity contribution in [3.05, 3.63) is 65.5 Å². The quantitative estimate of drug-likeness (QED) is 0.338. The van der Waals surface area contributed by atoms with Gasteiger partial charge < -0.3 is 19.9 Å². The van der Waals surface area contributed by atoms with Gasteiger partial charge in [-0.15, -0.1) is 0 Å². The average molecular weight is 415 g/mol. The van der Waals surface area contributed by atoms with Gasteiger partial charge in [0.05, 0.1) is 13.2 Å². The lowest BCUT2D eigenvalue weighted by Crippen LogP contribution is -2.25. The molecule has 7 heteroatoms. The summed E-state index contributed by atoms with van der Waals surface area (Å²) in [5, 5.41) is 0. The minimum absolute atomic E-state index is 0.290. The lowest BCUT2D eigenvalue weighted by atomic mass is 10.1. The van der Waals surface area contributed by atoms with Crippen molar-refractivity contribution in [1.29, 1.82) is 0 Å². The number of hydrogen-bond acceptors (Lipinski definition) is 5. The SMILES string of the molecule is CCCCOc1ccc(/C=C/C(=O)OC(C(N)=O)c2ccc(F)cc2)cc1OCC. The molecule has 0 saturated heterocycles. The van der Waals surface area contributed by atoms with Gasteiger partial charge in [-0.05, 0) is 49.2 Å². The van der Waals surface area contributed by atoms with E-state index in [0.29, 0.717) is 30.3 Å². The summed E-state index contributed by atoms with van der Waals surface area (Å²) in [7, 11) is 0. The molecule has 0 aliphatic carbocycles. The van der Waals surface area contributed by atoms with E-state index in [-0.39, 0.29) is 5.56 Å². The van der Waals surface area contributed by atoms with Gasteiger partial charge in [0.2, 0.25) is 6.10 Å². The minimum Gasteiger partial charge on any atom is -0.490 e. The molecule has 30 heavy (non-hydrogen) atoms. The van der Waals surface area contributed by atoms with E-state index in [2.05, 4.69) is 6.92 Å². The van der Waals surface area contributed by atoms with Crippen molar-refractivity contribution in [2.24, 2.45) is 5.73 Å². The van der Waals surface area contributed by atoms with Gasteiger partial charge in [-0.2, -0.15) is 0 Å². The molecule has 1 amide bonds. The lowest BCUT2D eigenvalue weighted by molar-refractivity contribution is -0.150. The number of unbranched alkanes of at least 4 members (excludes halogenated alkanes) is 1. The summed E-state index contributed by atoms with van der Waals surface area (Å²) in [6.07, 6.45) is 3.37. The largest absolute Gasteiger partial charge is 0.490 e. The molecule has 6 nitrogen and oxygen atoms in total. The Hall–Kier alpha value is -3.35. The molecule has 2 aromatic carbocycles. The first-order valence-corrected chi connectivity index (χ1v) is 9.77. The minimum atomic E-state index is -1.31. The van der Waals surface area contributed by atoms with Crippen LogP contribution in [0.25, 0.3) is 6.08 Å². The van der Waals surface area contributed by atoms with Crippen LogP contribution in [-0.2, 0) is 14.3 Å². The fraction of sp³-hybridized carbons (Fsp3) is 0.304. The number of rotatable bonds is 11. The number of nitrogens with two attached hydrogens (primary N) is 1. The molecule has 0 spiro atoms. The van der Waals surface area contributed by atoms with E-state index in [1.54, 1.807) is 18.2 Å². The standard InChI is InChI=1S/C23H26FNO5/c1-3-5-14-29-19-12-6-16(15-20(19)28-4-2)7-13-21(26)30-22(23(25)27)17-8-10-18(24)11-9-17/h6-13,15,22H,3-5,14H2,1-2H3,(H2,25,27)/b13-7+. The van der Waals surface area contributed by atoms with Crippen LogP contribution in [-0.4, -0.2) is 25.1 Å². The van der Waals surface area contributed by atoms with E-state index in [9.17, 15) is 14.0 Å². The summed E-state index contributed by atoms with van der Waals surface area (Å²) in [5.74, 6) is -0.874. The third kappa shape index (κ3) is 6.92. The number of benzene rings is 2. The lowest BCUT2D eigenvalue weighted by Gasteiger charge is -2.14. The van der Waals surface area contributed by atoms with Crippen LogP contribution in [0.2, 0.25) is 0 Å². The Labute approximate surface area is 175 Å². The first-order chi connectivity index (χ1) is 14.4. The Bertz CT molecular complexity index is 880. The summed E-state index contributed by atoms with van der Waals surface area (Å²) >= 11 is 0. The van der Waals surface area contributed by atoms with Crippen molar-refractivity contribution in [3.63, 3.8) is 0 Å². The van der Waals surface area contributed by atoms with Crippen molar-refractivity contribution in [2.45, 2.75) is 32.8 Å². The maximum atomic E-state index is 13.1. The maximum Gasteiger partial charge on any atom is 0.331 e. The smallest absolute Gasteiger partial charge is 0.331 e. The second kappa shape index (κ2) is 11.6. The normalized spacial score (nSPS) is 11.8. The van der Waals surface area contributed by atoms with Crippen LogP contribution >= 0.6 is 0 Å². The monoisotopic (exact) mass is 415 g/mol. The van der Waals surface area contributed by atoms with Gasteiger partial charge in [-0.25, -0.2) is 9.18 Å². The predicted octanol–water partition coefficient (Wildman–Crippen LogP) is 4.19. The molecular formula is C23H26FNO5. The van der Waals surface area contributed by atoms with Crippen molar-refractivity contribution in [3.8, 4) is 11.5 Å². The molecule has 0 bridgehead atoms. The van der Waals surface area contributed by atoms with E-state index >= 15 is 0 Å². The highest BCUT2D eigenvalue weighted by Gasteiger charge is 2.21. The first kappa shape index (κ1) is 22.9. The molecule has 0 heterocycles. The van der Waals surface area contributed by atoms with E-state index < -0.39 is 23.8 Å². The molecule has 0 aromatic heterocycles. The fourth-order valence-corrected chi connectivity index (χ4v) is 2.59. The number of halogens is 1. The van der Waals surface area contributed by atoms with Crippen LogP contribution in [0.15, 0.2) is 48.5 Å². The third-order valence-corrected chi connectivity index (χ3v) is 4.10. The van der Waals surface area contributed by atoms with Crippen LogP contribution in [0.1, 0.15) is 43.9 Å². The molecule has 0 aliphatic heterocycles. The van der Waals surface area contributed by atoms with Gasteiger partial charge in [-0.3, -0.25) is 4.79 Å². The van der Waals surface area contributed by atoms with Gasteiger partial charge in [0.15, 0.2) is 11.5 Å². The number of ether oxygens (including phenoxy) is 3. The van der Waals surface area contributed by atoms with E-state index in [0.717, 1.165) is 25.0 Å². The van der Waals surface area contributed by atoms with Crippen LogP contribution in [0, 0.1) is 5.82 Å². The third-order valence-electron chi connectivity index (χ3n) is 4.10. The molecule has 160 valence electrons. The van der Waals surface area contributed by atoms with Crippen LogP contribution < -0.4 is 15.2 Å². The zero-order valence-corrected chi connectivity index (χ0v) is 17.1. The fourth-order valence-electron chi connectivity index (χ4n) is 2.59. The highest BCUT2D eigenvalue weighted by molar-refractivity contribution is 5.90. The predicted molar refractivity (Wildman–Crippen MR) is 111 cm³/mol. The second-order valence-corrected chi connectivity index (χ2v) is 6.45. The molecule has 0 aliphatic rings. The summed E-state index contributed by atoms with van der Waals surface area (Å²) in [6.45, 7) is 5.01. The van der Waals surface area contributed by atoms with Crippen LogP contribution in [0.4, 0.5) is 4.39 Å². The summed E-state index contributed by atoms with van der Waals surface area (Å²) < 4.78 is 29.6. The highest BCUT2D eigenvalue weighted by Crippen LogP contribution is 2.29. The van der Waals surface area contributed by atoms with E-state index in [1.165, 1.54) is 24.3 Å². The number of primary amides is 1. The number of amides is 1. The Morgan fingerprint density at radius 2 is 1.80 bits per heavy atom. The Morgan fingerprint density at radius 1 is 1.07 bits per heavy atom. The molecule has 2 rings (SSSR count). The topological polar surface area (TPSA) is 87.9 Å². The first-order valence-electron chi connectivity index (χ1n) is 9.77. The van der Waals surface area contributed by atoms with Crippen molar-refractivity contribution < 1.29 is 28.2 Å². The Kier molecular flexibility index (Phi) is 8.87. The van der Waals surface area contributed by atoms with Crippen molar-refractivity contribution >= 4 is 18.0 Å². The number of esters is 1. The van der Waals surface area contributed by atoms with E-state index in [4.69, 9.17) is 19.9 Å². The zero-order valence-electron chi connectivity index (χ0n) is 17.1. The van der Waals surface area contributed by atoms with Crippen LogP contribution in [0.3, 0.4) is 0 Å². The number of carbonyl (C=O) groups excluding carboxylic acids is 2. The Morgan fingerprint density at radius 3 is 2.43 bits per heavy atom. The molecule has 0 saturated carbocycles. The Balaban J connectivity index is 2.09. The number of hydrogen-bond donors (Lipinski definition) is 1. The average Bonchev–Trinajstić information content (AvgIpc) is 2.73. The molecule has 0 radical (unpaired) electrons. The second-order valence-electron chi connectivity index (χ2n) is 6.45. The molecule has 1 unspecified atom stereocenters. The van der Waals surface area contributed by atoms with Gasteiger partial charge in [-0.1, -0.05) is 31.5 Å². The molecule has 0 fully saturated rings. The van der Waals surface area contributed by atoms with Crippen molar-refractivity contribution in [2.75, 3.05) is 13.2 Å². The zero-order chi connectivity index (χ0) is 21.9. The summed E-state index contributed by atoms with van der Waals surface area (Å²) in [5.41, 5.74) is 6.30. The van der Waals surface area contributed by atoms with Gasteiger partial charge >= 0.3 is 5.97 Å². The van der Waals surface area contributed by atoms with Crippen molar-refractivity contribution in [1.82, 2.24) is 0 Å². The molecule has 2 aromatic rings. The van der Waals surface area contributed by atoms with Gasteiger partial charge in [0.1, 0.15) is 5.82 Å². The summed E-state index contributed by atoms with van der Waals surface area (Å²) in [6, 6.07) is 10.3. The van der Waals surface area contributed by atoms with Gasteiger partial charge in [0, 0.05) is 11.6 Å². The molecular weight excluding hydrogens is 389 g/mol. The summed E-state index contributed by atoms with van der Waals surface area (Å²) in [4.78, 5) is 23.8. The van der Waals surface area contributed by atoms with Gasteiger partial charge in [0.25, 0.3) is 5.91 Å². The number of carbonyl (C=O) groups is 2. The van der Waals surface area contributed by atoms with Crippen LogP contribution in [0.5, 0.6) is 11.5 Å². The van der Waals surface area contributed by atoms with E-state index in [1.807, 2.05) is 6.92 Å². The molecule has 2 N–H and O–H groups in total. The highest BCUT2D eigenvalue weighted by atomic mass is 19.1. The maximum absolute atomic E-state index is 13.1.